The van der Waals surface area contributed by atoms with Crippen LogP contribution in [-0.2, 0) is 14.3 Å². The summed E-state index contributed by atoms with van der Waals surface area (Å²) in [5.41, 5.74) is -7.51. The maximum Gasteiger partial charge on any atom is 0.338 e. The van der Waals surface area contributed by atoms with E-state index in [0.717, 1.165) is 0 Å². The van der Waals surface area contributed by atoms with E-state index < -0.39 is 82.7 Å². The summed E-state index contributed by atoms with van der Waals surface area (Å²) in [7, 11) is 0. The van der Waals surface area contributed by atoms with E-state index in [-0.39, 0.29) is 16.7 Å². The fourth-order valence-corrected chi connectivity index (χ4v) is 7.38. The van der Waals surface area contributed by atoms with Gasteiger partial charge in [0.2, 0.25) is 0 Å². The molecule has 0 spiro atoms. The molecule has 1 unspecified atom stereocenters. The lowest BCUT2D eigenvalue weighted by Crippen LogP contribution is -2.73. The molecule has 5 rings (SSSR count). The summed E-state index contributed by atoms with van der Waals surface area (Å²) in [5.74, 6) is -5.69. The molecule has 5 N–H and O–H groups in total. The van der Waals surface area contributed by atoms with Crippen LogP contribution in [0.4, 0.5) is 0 Å². The topological polar surface area (TPSA) is 157 Å². The van der Waals surface area contributed by atoms with Gasteiger partial charge < -0.3 is 35.0 Å². The molecule has 3 fully saturated rings. The van der Waals surface area contributed by atoms with E-state index >= 15 is 0 Å². The quantitative estimate of drug-likeness (QED) is 0.220. The number of Topliss-reactive ketones (excluding diaryl/α,β-unsaturated/α-hetero) is 1. The molecule has 0 amide bonds. The Balaban J connectivity index is 1.75. The van der Waals surface area contributed by atoms with Crippen LogP contribution in [0.1, 0.15) is 38.1 Å². The van der Waals surface area contributed by atoms with E-state index in [0.29, 0.717) is 0 Å². The molecule has 11 atom stereocenters. The fraction of sp³-hybridized carbons (Fsp3) is 0.571. The number of hydrogen-bond donors (Lipinski definition) is 5. The smallest absolute Gasteiger partial charge is 0.338 e. The second kappa shape index (κ2) is 8.05. The highest BCUT2D eigenvalue weighted by Gasteiger charge is 2.84. The van der Waals surface area contributed by atoms with Gasteiger partial charge in [-0.1, -0.05) is 44.7 Å². The highest BCUT2D eigenvalue weighted by molar-refractivity contribution is 6.05. The first-order valence-electron chi connectivity index (χ1n) is 12.5. The maximum atomic E-state index is 13.3. The predicted octanol–water partition coefficient (Wildman–Crippen LogP) is 0.533. The summed E-state index contributed by atoms with van der Waals surface area (Å²) < 4.78 is 11.8. The summed E-state index contributed by atoms with van der Waals surface area (Å²) in [6, 6.07) is 8.14. The Hall–Kier alpha value is -2.40. The monoisotopic (exact) mass is 514 g/mol. The lowest BCUT2D eigenvalue weighted by Gasteiger charge is -2.60. The zero-order valence-electron chi connectivity index (χ0n) is 21.3. The van der Waals surface area contributed by atoms with E-state index in [4.69, 9.17) is 9.47 Å². The third kappa shape index (κ3) is 3.01. The molecule has 1 aromatic rings. The van der Waals surface area contributed by atoms with Crippen molar-refractivity contribution in [1.29, 1.82) is 0 Å². The van der Waals surface area contributed by atoms with Gasteiger partial charge in [-0.05, 0) is 49.0 Å². The van der Waals surface area contributed by atoms with E-state index in [2.05, 4.69) is 6.58 Å². The summed E-state index contributed by atoms with van der Waals surface area (Å²) in [4.78, 5) is 26.6. The molecule has 0 bridgehead atoms. The molecule has 1 heterocycles. The number of aliphatic hydroxyl groups excluding tert-OH is 2. The number of hydrogen-bond acceptors (Lipinski definition) is 9. The van der Waals surface area contributed by atoms with Gasteiger partial charge in [-0.3, -0.25) is 4.79 Å². The standard InChI is InChI=1S/C28H34O9/c1-13(2)26(33)15(4)16(5)27(34)18-11-14(3)20(30)28(18,35)24(32)25(12-29)21(37-25)19(27)22(26)36-23(31)17-9-7-6-8-10-17/h6-11,15-16,18-19,21-22,24,29,32-35H,1,12H2,2-5H3/t15-,16-,18?,19+,21+,22-,24-,25+,26+,27+,28-/m1/s1. The molecule has 1 aliphatic heterocycles. The molecule has 0 radical (unpaired) electrons. The van der Waals surface area contributed by atoms with E-state index in [9.17, 15) is 35.1 Å². The van der Waals surface area contributed by atoms with Crippen molar-refractivity contribution < 1.29 is 44.6 Å². The number of esters is 1. The molecule has 4 aliphatic rings. The number of carbonyl (C=O) groups excluding carboxylic acids is 2. The van der Waals surface area contributed by atoms with Crippen molar-refractivity contribution >= 4 is 11.8 Å². The van der Waals surface area contributed by atoms with Gasteiger partial charge in [0, 0.05) is 5.92 Å². The van der Waals surface area contributed by atoms with E-state index in [1.54, 1.807) is 51.1 Å². The lowest BCUT2D eigenvalue weighted by atomic mass is 9.50. The van der Waals surface area contributed by atoms with Crippen molar-refractivity contribution in [3.05, 3.63) is 59.7 Å². The SMILES string of the molecule is C=C(C)[C@]1(O)[C@H](C)[C@@H](C)[C@]2(O)C3C=C(C)C(=O)[C@@]3(O)[C@H](O)[C@@]3(CO)O[C@H]3[C@H]2[C@H]1OC(=O)c1ccccc1. The summed E-state index contributed by atoms with van der Waals surface area (Å²) >= 11 is 0. The number of ether oxygens (including phenoxy) is 2. The molecule has 3 aliphatic carbocycles. The second-order valence-electron chi connectivity index (χ2n) is 11.3. The maximum absolute atomic E-state index is 13.3. The van der Waals surface area contributed by atoms with Gasteiger partial charge in [-0.2, -0.15) is 0 Å². The van der Waals surface area contributed by atoms with Crippen molar-refractivity contribution in [1.82, 2.24) is 0 Å². The zero-order chi connectivity index (χ0) is 27.3. The average molecular weight is 515 g/mol. The first kappa shape index (κ1) is 26.2. The average Bonchev–Trinajstić information content (AvgIpc) is 3.57. The molecule has 37 heavy (non-hydrogen) atoms. The number of carbonyl (C=O) groups is 2. The van der Waals surface area contributed by atoms with Crippen LogP contribution in [0, 0.1) is 23.7 Å². The van der Waals surface area contributed by atoms with Gasteiger partial charge in [0.15, 0.2) is 11.4 Å². The number of fused-ring (bicyclic) bond motifs is 5. The van der Waals surface area contributed by atoms with Crippen molar-refractivity contribution in [2.75, 3.05) is 6.61 Å². The zero-order valence-corrected chi connectivity index (χ0v) is 21.3. The first-order valence-corrected chi connectivity index (χ1v) is 12.5. The van der Waals surface area contributed by atoms with Gasteiger partial charge in [-0.25, -0.2) is 4.79 Å². The van der Waals surface area contributed by atoms with Crippen molar-refractivity contribution in [2.24, 2.45) is 23.7 Å². The number of aliphatic hydroxyl groups is 5. The van der Waals surface area contributed by atoms with Crippen LogP contribution >= 0.6 is 0 Å². The molecule has 0 aromatic heterocycles. The summed E-state index contributed by atoms with van der Waals surface area (Å²) in [6.45, 7) is 9.61. The van der Waals surface area contributed by atoms with Gasteiger partial charge in [0.1, 0.15) is 29.5 Å². The van der Waals surface area contributed by atoms with Crippen LogP contribution in [0.2, 0.25) is 0 Å². The largest absolute Gasteiger partial charge is 0.455 e. The second-order valence-corrected chi connectivity index (χ2v) is 11.3. The van der Waals surface area contributed by atoms with Crippen LogP contribution in [0.3, 0.4) is 0 Å². The number of benzene rings is 1. The molecule has 200 valence electrons. The van der Waals surface area contributed by atoms with Crippen molar-refractivity contribution in [3.63, 3.8) is 0 Å². The Labute approximate surface area is 215 Å². The minimum Gasteiger partial charge on any atom is -0.455 e. The van der Waals surface area contributed by atoms with E-state index in [1.807, 2.05) is 0 Å². The summed E-state index contributed by atoms with van der Waals surface area (Å²) in [6.07, 6.45) is -3.06. The molecule has 9 heteroatoms. The Morgan fingerprint density at radius 2 is 1.76 bits per heavy atom. The summed E-state index contributed by atoms with van der Waals surface area (Å²) in [5, 5.41) is 58.3. The Morgan fingerprint density at radius 3 is 2.32 bits per heavy atom. The molecule has 2 saturated carbocycles. The Bertz CT molecular complexity index is 1200. The normalized spacial score (nSPS) is 48.2. The van der Waals surface area contributed by atoms with Gasteiger partial charge in [-0.15, -0.1) is 0 Å². The number of epoxide rings is 1. The molecule has 9 nitrogen and oxygen atoms in total. The highest BCUT2D eigenvalue weighted by atomic mass is 16.6. The Morgan fingerprint density at radius 1 is 1.14 bits per heavy atom. The predicted molar refractivity (Wildman–Crippen MR) is 130 cm³/mol. The van der Waals surface area contributed by atoms with Crippen LogP contribution in [0.5, 0.6) is 0 Å². The van der Waals surface area contributed by atoms with Gasteiger partial charge in [0.25, 0.3) is 0 Å². The molecular weight excluding hydrogens is 480 g/mol. The van der Waals surface area contributed by atoms with E-state index in [1.165, 1.54) is 13.0 Å². The minimum atomic E-state index is -2.49. The molecular formula is C28H34O9. The third-order valence-corrected chi connectivity index (χ3v) is 9.73. The van der Waals surface area contributed by atoms with Crippen molar-refractivity contribution in [3.8, 4) is 0 Å². The van der Waals surface area contributed by atoms with Crippen LogP contribution < -0.4 is 0 Å². The lowest BCUT2D eigenvalue weighted by molar-refractivity contribution is -0.265. The van der Waals surface area contributed by atoms with Crippen LogP contribution in [0.15, 0.2) is 54.1 Å². The number of ketones is 1. The third-order valence-electron chi connectivity index (χ3n) is 9.73. The first-order chi connectivity index (χ1) is 17.2. The van der Waals surface area contributed by atoms with Crippen LogP contribution in [0.25, 0.3) is 0 Å². The molecule has 1 saturated heterocycles. The van der Waals surface area contributed by atoms with Gasteiger partial charge >= 0.3 is 5.97 Å². The van der Waals surface area contributed by atoms with Crippen LogP contribution in [-0.4, -0.2) is 84.6 Å². The highest BCUT2D eigenvalue weighted by Crippen LogP contribution is 2.66. The van der Waals surface area contributed by atoms with Gasteiger partial charge in [0.05, 0.1) is 23.7 Å². The molecule has 1 aromatic carbocycles. The van der Waals surface area contributed by atoms with Crippen molar-refractivity contribution in [2.45, 2.75) is 68.4 Å². The minimum absolute atomic E-state index is 0.143. The Kier molecular flexibility index (Phi) is 5.70. The fourth-order valence-electron chi connectivity index (χ4n) is 7.38. The number of rotatable bonds is 4.